The summed E-state index contributed by atoms with van der Waals surface area (Å²) in [5.74, 6) is 1.42. The zero-order valence-corrected chi connectivity index (χ0v) is 18.6. The first-order valence-corrected chi connectivity index (χ1v) is 11.0. The number of phenols is 1. The van der Waals surface area contributed by atoms with E-state index in [4.69, 9.17) is 4.74 Å². The number of hydrogen-bond acceptors (Lipinski definition) is 8. The van der Waals surface area contributed by atoms with Gasteiger partial charge in [-0.25, -0.2) is 0 Å². The Kier molecular flexibility index (Phi) is 5.17. The van der Waals surface area contributed by atoms with E-state index in [1.165, 1.54) is 12.8 Å². The number of anilines is 1. The molecule has 3 atom stereocenters. The van der Waals surface area contributed by atoms with Gasteiger partial charge in [0, 0.05) is 41.9 Å². The van der Waals surface area contributed by atoms with Crippen LogP contribution in [-0.4, -0.2) is 57.3 Å². The molecule has 5 rings (SSSR count). The van der Waals surface area contributed by atoms with E-state index in [1.807, 2.05) is 24.3 Å². The first-order valence-electron chi connectivity index (χ1n) is 11.0. The highest BCUT2D eigenvalue weighted by Crippen LogP contribution is 2.38. The number of methoxy groups -OCH3 is 1. The summed E-state index contributed by atoms with van der Waals surface area (Å²) in [7, 11) is 3.65. The molecule has 2 aromatic heterocycles. The van der Waals surface area contributed by atoms with Crippen LogP contribution >= 0.6 is 0 Å². The van der Waals surface area contributed by atoms with Gasteiger partial charge in [0.1, 0.15) is 5.75 Å². The quantitative estimate of drug-likeness (QED) is 0.633. The van der Waals surface area contributed by atoms with Crippen molar-refractivity contribution >= 4 is 5.82 Å². The normalized spacial score (nSPS) is 24.3. The molecule has 2 N–H and O–H groups in total. The van der Waals surface area contributed by atoms with Crippen LogP contribution in [0.1, 0.15) is 32.6 Å². The minimum absolute atomic E-state index is 0.136. The summed E-state index contributed by atoms with van der Waals surface area (Å²) in [4.78, 5) is 2.25. The van der Waals surface area contributed by atoms with E-state index in [0.717, 1.165) is 29.8 Å². The third-order valence-corrected chi connectivity index (χ3v) is 6.85. The fourth-order valence-electron chi connectivity index (χ4n) is 5.07. The Labute approximate surface area is 187 Å². The van der Waals surface area contributed by atoms with Crippen molar-refractivity contribution in [2.24, 2.45) is 0 Å². The van der Waals surface area contributed by atoms with Gasteiger partial charge in [0.05, 0.1) is 19.0 Å². The van der Waals surface area contributed by atoms with Crippen molar-refractivity contribution in [1.29, 1.82) is 0 Å². The maximum atomic E-state index is 10.7. The molecule has 2 fully saturated rings. The van der Waals surface area contributed by atoms with Crippen LogP contribution in [0.2, 0.25) is 0 Å². The molecule has 0 spiro atoms. The first-order chi connectivity index (χ1) is 15.4. The molecule has 3 aromatic rings. The molecule has 166 valence electrons. The number of nitrogens with one attached hydrogen (secondary N) is 1. The highest BCUT2D eigenvalue weighted by atomic mass is 16.5. The molecule has 0 radical (unpaired) electrons. The maximum Gasteiger partial charge on any atom is 0.233 e. The van der Waals surface area contributed by atoms with Crippen LogP contribution in [0.15, 0.2) is 42.6 Å². The van der Waals surface area contributed by atoms with Crippen LogP contribution < -0.4 is 15.0 Å². The lowest BCUT2D eigenvalue weighted by Gasteiger charge is -2.41. The standard InChI is InChI=1S/C24H28N6O2/c1-24-9-8-17(26-24)12-18(13-24)30(2)22-7-6-20(27-28-22)19-5-4-15(10-21(19)31)16-11-23(32-3)29-25-14-16/h4-7,10-11,14,17-18,26,31H,8-9,12-13H2,1-3H3/t17?,18-,24+/m1/s1. The van der Waals surface area contributed by atoms with Crippen molar-refractivity contribution < 1.29 is 9.84 Å². The number of phenolic OH excluding ortho intramolecular Hbond substituents is 1. The zero-order valence-electron chi connectivity index (χ0n) is 18.6. The molecule has 1 aromatic carbocycles. The van der Waals surface area contributed by atoms with Crippen LogP contribution in [0.5, 0.6) is 11.6 Å². The number of benzene rings is 1. The van der Waals surface area contributed by atoms with Gasteiger partial charge in [-0.3, -0.25) is 0 Å². The van der Waals surface area contributed by atoms with Crippen LogP contribution in [0, 0.1) is 0 Å². The number of piperidine rings is 1. The highest BCUT2D eigenvalue weighted by molar-refractivity contribution is 5.74. The van der Waals surface area contributed by atoms with E-state index in [-0.39, 0.29) is 11.3 Å². The monoisotopic (exact) mass is 432 g/mol. The number of rotatable bonds is 5. The summed E-state index contributed by atoms with van der Waals surface area (Å²) >= 11 is 0. The predicted molar refractivity (Wildman–Crippen MR) is 123 cm³/mol. The number of aromatic nitrogens is 4. The number of fused-ring (bicyclic) bond motifs is 2. The van der Waals surface area contributed by atoms with Gasteiger partial charge in [-0.2, -0.15) is 5.10 Å². The number of ether oxygens (including phenoxy) is 1. The molecule has 0 aliphatic carbocycles. The molecule has 4 heterocycles. The lowest BCUT2D eigenvalue weighted by molar-refractivity contribution is 0.266. The van der Waals surface area contributed by atoms with E-state index >= 15 is 0 Å². The Morgan fingerprint density at radius 3 is 2.72 bits per heavy atom. The third-order valence-electron chi connectivity index (χ3n) is 6.85. The molecule has 1 unspecified atom stereocenters. The van der Waals surface area contributed by atoms with E-state index in [9.17, 15) is 5.11 Å². The largest absolute Gasteiger partial charge is 0.507 e. The molecule has 0 amide bonds. The van der Waals surface area contributed by atoms with Gasteiger partial charge >= 0.3 is 0 Å². The summed E-state index contributed by atoms with van der Waals surface area (Å²) in [5, 5.41) is 31.1. The second-order valence-corrected chi connectivity index (χ2v) is 9.14. The molecule has 2 aliphatic rings. The minimum atomic E-state index is 0.136. The molecule has 32 heavy (non-hydrogen) atoms. The number of hydrogen-bond donors (Lipinski definition) is 2. The van der Waals surface area contributed by atoms with E-state index in [0.29, 0.717) is 29.2 Å². The third kappa shape index (κ3) is 3.86. The van der Waals surface area contributed by atoms with Gasteiger partial charge < -0.3 is 20.1 Å². The predicted octanol–water partition coefficient (Wildman–Crippen LogP) is 3.42. The van der Waals surface area contributed by atoms with Gasteiger partial charge in [-0.05, 0) is 62.4 Å². The Morgan fingerprint density at radius 2 is 2.00 bits per heavy atom. The summed E-state index contributed by atoms with van der Waals surface area (Å²) in [6.45, 7) is 2.33. The van der Waals surface area contributed by atoms with Crippen molar-refractivity contribution in [3.63, 3.8) is 0 Å². The van der Waals surface area contributed by atoms with Crippen molar-refractivity contribution in [3.05, 3.63) is 42.6 Å². The minimum Gasteiger partial charge on any atom is -0.507 e. The number of aromatic hydroxyl groups is 1. The average Bonchev–Trinajstić information content (AvgIpc) is 3.10. The van der Waals surface area contributed by atoms with Crippen molar-refractivity contribution in [2.45, 2.75) is 50.2 Å². The summed E-state index contributed by atoms with van der Waals surface area (Å²) < 4.78 is 5.13. The molecular formula is C24H28N6O2. The summed E-state index contributed by atoms with van der Waals surface area (Å²) in [6, 6.07) is 12.2. The first kappa shape index (κ1) is 20.6. The second kappa shape index (κ2) is 8.02. The highest BCUT2D eigenvalue weighted by Gasteiger charge is 2.43. The summed E-state index contributed by atoms with van der Waals surface area (Å²) in [5.41, 5.74) is 3.13. The lowest BCUT2D eigenvalue weighted by atomic mass is 9.88. The molecule has 8 nitrogen and oxygen atoms in total. The van der Waals surface area contributed by atoms with E-state index in [2.05, 4.69) is 44.6 Å². The Morgan fingerprint density at radius 1 is 1.12 bits per heavy atom. The second-order valence-electron chi connectivity index (χ2n) is 9.14. The van der Waals surface area contributed by atoms with Gasteiger partial charge in [0.25, 0.3) is 0 Å². The topological polar surface area (TPSA) is 96.3 Å². The zero-order chi connectivity index (χ0) is 22.3. The van der Waals surface area contributed by atoms with Crippen LogP contribution in [0.4, 0.5) is 5.82 Å². The van der Waals surface area contributed by atoms with Crippen molar-refractivity contribution in [2.75, 3.05) is 19.1 Å². The van der Waals surface area contributed by atoms with Crippen molar-refractivity contribution in [3.8, 4) is 34.0 Å². The number of nitrogens with zero attached hydrogens (tertiary/aromatic N) is 5. The Balaban J connectivity index is 1.34. The summed E-state index contributed by atoms with van der Waals surface area (Å²) in [6.07, 6.45) is 6.37. The Hall–Kier alpha value is -3.26. The van der Waals surface area contributed by atoms with E-state index in [1.54, 1.807) is 25.4 Å². The molecule has 2 aliphatic heterocycles. The van der Waals surface area contributed by atoms with Gasteiger partial charge in [0.15, 0.2) is 5.82 Å². The Bertz CT molecular complexity index is 1120. The van der Waals surface area contributed by atoms with Gasteiger partial charge in [0.2, 0.25) is 5.88 Å². The average molecular weight is 433 g/mol. The molecule has 0 saturated carbocycles. The maximum absolute atomic E-state index is 10.7. The van der Waals surface area contributed by atoms with E-state index < -0.39 is 0 Å². The molecule has 8 heteroatoms. The fourth-order valence-corrected chi connectivity index (χ4v) is 5.07. The fraction of sp³-hybridized carbons (Fsp3) is 0.417. The molecule has 2 saturated heterocycles. The van der Waals surface area contributed by atoms with Gasteiger partial charge in [-0.1, -0.05) is 6.07 Å². The van der Waals surface area contributed by atoms with Crippen LogP contribution in [0.25, 0.3) is 22.4 Å². The molecular weight excluding hydrogens is 404 g/mol. The SMILES string of the molecule is COc1cc(-c2ccc(-c3ccc(N(C)[C@@H]4CC5CC[C@@](C)(C4)N5)nn3)c(O)c2)cnn1. The van der Waals surface area contributed by atoms with Crippen LogP contribution in [0.3, 0.4) is 0 Å². The lowest BCUT2D eigenvalue weighted by Crippen LogP contribution is -2.53. The smallest absolute Gasteiger partial charge is 0.233 e. The van der Waals surface area contributed by atoms with Crippen LogP contribution in [-0.2, 0) is 0 Å². The molecule has 2 bridgehead atoms. The van der Waals surface area contributed by atoms with Gasteiger partial charge in [-0.15, -0.1) is 15.3 Å². The van der Waals surface area contributed by atoms with Crippen molar-refractivity contribution in [1.82, 2.24) is 25.7 Å².